The van der Waals surface area contributed by atoms with Crippen LogP contribution in [0.15, 0.2) is 54.9 Å². The fourth-order valence-electron chi connectivity index (χ4n) is 3.04. The number of rotatable bonds is 3. The van der Waals surface area contributed by atoms with E-state index >= 15 is 0 Å². The summed E-state index contributed by atoms with van der Waals surface area (Å²) in [6, 6.07) is 13.9. The summed E-state index contributed by atoms with van der Waals surface area (Å²) in [5, 5.41) is 4.57. The van der Waals surface area contributed by atoms with Gasteiger partial charge in [0, 0.05) is 38.6 Å². The molecular formula is C18H19N5O. The number of fused-ring (bicyclic) bond motifs is 1. The first-order valence-corrected chi connectivity index (χ1v) is 8.17. The van der Waals surface area contributed by atoms with E-state index in [0.29, 0.717) is 6.42 Å². The average molecular weight is 321 g/mol. The minimum atomic E-state index is 0.193. The lowest BCUT2D eigenvalue weighted by atomic mass is 10.1. The Hall–Kier alpha value is -2.89. The van der Waals surface area contributed by atoms with Gasteiger partial charge in [-0.15, -0.1) is 5.10 Å². The Balaban J connectivity index is 1.38. The Bertz CT molecular complexity index is 837. The molecule has 0 N–H and O–H groups in total. The second-order valence-corrected chi connectivity index (χ2v) is 5.95. The van der Waals surface area contributed by atoms with Gasteiger partial charge in [0.25, 0.3) is 0 Å². The zero-order valence-corrected chi connectivity index (χ0v) is 13.4. The summed E-state index contributed by atoms with van der Waals surface area (Å²) in [5.41, 5.74) is 1.91. The van der Waals surface area contributed by atoms with Crippen molar-refractivity contribution in [3.8, 4) is 0 Å². The smallest absolute Gasteiger partial charge is 0.227 e. The summed E-state index contributed by atoms with van der Waals surface area (Å²) >= 11 is 0. The lowest BCUT2D eigenvalue weighted by Gasteiger charge is -2.35. The minimum absolute atomic E-state index is 0.193. The average Bonchev–Trinajstić information content (AvgIpc) is 3.10. The highest BCUT2D eigenvalue weighted by Gasteiger charge is 2.22. The van der Waals surface area contributed by atoms with Crippen LogP contribution in [0.4, 0.5) is 5.82 Å². The van der Waals surface area contributed by atoms with Gasteiger partial charge < -0.3 is 9.80 Å². The van der Waals surface area contributed by atoms with Crippen molar-refractivity contribution < 1.29 is 4.79 Å². The van der Waals surface area contributed by atoms with Crippen molar-refractivity contribution in [1.82, 2.24) is 19.5 Å². The van der Waals surface area contributed by atoms with Crippen molar-refractivity contribution in [2.24, 2.45) is 0 Å². The molecule has 6 nitrogen and oxygen atoms in total. The molecule has 3 heterocycles. The summed E-state index contributed by atoms with van der Waals surface area (Å²) in [7, 11) is 0. The van der Waals surface area contributed by atoms with Gasteiger partial charge in [-0.3, -0.25) is 4.79 Å². The maximum atomic E-state index is 12.4. The quantitative estimate of drug-likeness (QED) is 0.736. The second-order valence-electron chi connectivity index (χ2n) is 5.95. The zero-order chi connectivity index (χ0) is 16.4. The molecule has 1 aliphatic rings. The van der Waals surface area contributed by atoms with Crippen molar-refractivity contribution in [3.05, 3.63) is 60.4 Å². The Kier molecular flexibility index (Phi) is 3.86. The lowest BCUT2D eigenvalue weighted by molar-refractivity contribution is -0.130. The third kappa shape index (κ3) is 2.95. The Labute approximate surface area is 140 Å². The maximum absolute atomic E-state index is 12.4. The summed E-state index contributed by atoms with van der Waals surface area (Å²) in [4.78, 5) is 20.8. The van der Waals surface area contributed by atoms with E-state index in [9.17, 15) is 4.79 Å². The van der Waals surface area contributed by atoms with Crippen LogP contribution < -0.4 is 4.90 Å². The summed E-state index contributed by atoms with van der Waals surface area (Å²) in [6.45, 7) is 3.06. The first-order valence-electron chi connectivity index (χ1n) is 8.17. The zero-order valence-electron chi connectivity index (χ0n) is 13.4. The molecule has 2 aromatic heterocycles. The van der Waals surface area contributed by atoms with Crippen LogP contribution in [0.2, 0.25) is 0 Å². The van der Waals surface area contributed by atoms with Gasteiger partial charge in [-0.2, -0.15) is 0 Å². The van der Waals surface area contributed by atoms with Gasteiger partial charge in [0.15, 0.2) is 5.65 Å². The van der Waals surface area contributed by atoms with Crippen LogP contribution in [0, 0.1) is 0 Å². The molecule has 0 bridgehead atoms. The number of aromatic nitrogens is 3. The SMILES string of the molecule is O=C(Cc1ccccc1)N1CCN(c2ccc3nccn3n2)CC1. The molecule has 1 aromatic carbocycles. The molecule has 0 unspecified atom stereocenters. The van der Waals surface area contributed by atoms with Crippen molar-refractivity contribution in [3.63, 3.8) is 0 Å². The lowest BCUT2D eigenvalue weighted by Crippen LogP contribution is -2.49. The monoisotopic (exact) mass is 321 g/mol. The molecule has 1 saturated heterocycles. The van der Waals surface area contributed by atoms with Gasteiger partial charge in [-0.1, -0.05) is 30.3 Å². The third-order valence-electron chi connectivity index (χ3n) is 4.40. The minimum Gasteiger partial charge on any atom is -0.352 e. The molecule has 0 atom stereocenters. The number of hydrogen-bond acceptors (Lipinski definition) is 4. The van der Waals surface area contributed by atoms with E-state index in [1.807, 2.05) is 53.6 Å². The number of anilines is 1. The summed E-state index contributed by atoms with van der Waals surface area (Å²) in [5.74, 6) is 1.12. The molecule has 0 saturated carbocycles. The van der Waals surface area contributed by atoms with E-state index in [1.165, 1.54) is 0 Å². The molecule has 4 rings (SSSR count). The Morgan fingerprint density at radius 1 is 1.00 bits per heavy atom. The van der Waals surface area contributed by atoms with Crippen molar-refractivity contribution in [2.45, 2.75) is 6.42 Å². The number of carbonyl (C=O) groups is 1. The summed E-state index contributed by atoms with van der Waals surface area (Å²) in [6.07, 6.45) is 4.06. The highest BCUT2D eigenvalue weighted by Crippen LogP contribution is 2.15. The summed E-state index contributed by atoms with van der Waals surface area (Å²) < 4.78 is 1.78. The largest absolute Gasteiger partial charge is 0.352 e. The van der Waals surface area contributed by atoms with Crippen molar-refractivity contribution in [1.29, 1.82) is 0 Å². The standard InChI is InChI=1S/C18H19N5O/c24-18(14-15-4-2-1-3-5-15)22-12-10-21(11-13-22)17-7-6-16-19-8-9-23(16)20-17/h1-9H,10-14H2. The molecule has 0 aliphatic carbocycles. The Morgan fingerprint density at radius 3 is 2.58 bits per heavy atom. The van der Waals surface area contributed by atoms with Crippen LogP contribution in [-0.4, -0.2) is 51.6 Å². The third-order valence-corrected chi connectivity index (χ3v) is 4.40. The number of carbonyl (C=O) groups excluding carboxylic acids is 1. The van der Waals surface area contributed by atoms with E-state index in [-0.39, 0.29) is 5.91 Å². The molecule has 122 valence electrons. The van der Waals surface area contributed by atoms with E-state index < -0.39 is 0 Å². The number of amides is 1. The van der Waals surface area contributed by atoms with Gasteiger partial charge in [-0.05, 0) is 17.7 Å². The molecular weight excluding hydrogens is 302 g/mol. The first kappa shape index (κ1) is 14.7. The second kappa shape index (κ2) is 6.31. The molecule has 1 aliphatic heterocycles. The molecule has 0 spiro atoms. The van der Waals surface area contributed by atoms with Crippen molar-refractivity contribution in [2.75, 3.05) is 31.1 Å². The van der Waals surface area contributed by atoms with Crippen LogP contribution >= 0.6 is 0 Å². The first-order chi connectivity index (χ1) is 11.8. The fourth-order valence-corrected chi connectivity index (χ4v) is 3.04. The predicted octanol–water partition coefficient (Wildman–Crippen LogP) is 1.62. The molecule has 6 heteroatoms. The van der Waals surface area contributed by atoms with Gasteiger partial charge in [0.05, 0.1) is 6.42 Å². The van der Waals surface area contributed by atoms with E-state index in [4.69, 9.17) is 0 Å². The highest BCUT2D eigenvalue weighted by molar-refractivity contribution is 5.79. The van der Waals surface area contributed by atoms with Crippen molar-refractivity contribution >= 4 is 17.4 Å². The molecule has 1 fully saturated rings. The van der Waals surface area contributed by atoms with Crippen LogP contribution in [0.1, 0.15) is 5.56 Å². The molecule has 1 amide bonds. The molecule has 3 aromatic rings. The topological polar surface area (TPSA) is 53.7 Å². The van der Waals surface area contributed by atoms with Gasteiger partial charge >= 0.3 is 0 Å². The van der Waals surface area contributed by atoms with Gasteiger partial charge in [0.2, 0.25) is 5.91 Å². The van der Waals surface area contributed by atoms with Gasteiger partial charge in [-0.25, -0.2) is 9.50 Å². The van der Waals surface area contributed by atoms with E-state index in [2.05, 4.69) is 15.0 Å². The number of benzene rings is 1. The predicted molar refractivity (Wildman–Crippen MR) is 91.9 cm³/mol. The fraction of sp³-hybridized carbons (Fsp3) is 0.278. The molecule has 0 radical (unpaired) electrons. The molecule has 24 heavy (non-hydrogen) atoms. The van der Waals surface area contributed by atoms with Crippen LogP contribution in [-0.2, 0) is 11.2 Å². The van der Waals surface area contributed by atoms with Crippen LogP contribution in [0.25, 0.3) is 5.65 Å². The number of imidazole rings is 1. The maximum Gasteiger partial charge on any atom is 0.227 e. The van der Waals surface area contributed by atoms with E-state index in [1.54, 1.807) is 10.7 Å². The van der Waals surface area contributed by atoms with E-state index in [0.717, 1.165) is 43.2 Å². The van der Waals surface area contributed by atoms with Gasteiger partial charge in [0.1, 0.15) is 5.82 Å². The van der Waals surface area contributed by atoms with Crippen LogP contribution in [0.5, 0.6) is 0 Å². The highest BCUT2D eigenvalue weighted by atomic mass is 16.2. The number of piperazine rings is 1. The number of nitrogens with zero attached hydrogens (tertiary/aromatic N) is 5. The number of hydrogen-bond donors (Lipinski definition) is 0. The normalized spacial score (nSPS) is 15.0. The van der Waals surface area contributed by atoms with Crippen LogP contribution in [0.3, 0.4) is 0 Å². The Morgan fingerprint density at radius 2 is 1.79 bits per heavy atom.